The highest BCUT2D eigenvalue weighted by molar-refractivity contribution is 7.89. The Morgan fingerprint density at radius 2 is 1.86 bits per heavy atom. The maximum atomic E-state index is 12.5. The van der Waals surface area contributed by atoms with E-state index in [-0.39, 0.29) is 36.0 Å². The average molecular weight is 446 g/mol. The Morgan fingerprint density at radius 1 is 1.14 bits per heavy atom. The van der Waals surface area contributed by atoms with Crippen LogP contribution in [0.3, 0.4) is 0 Å². The number of amides is 1. The van der Waals surface area contributed by atoms with Gasteiger partial charge in [-0.05, 0) is 49.9 Å². The summed E-state index contributed by atoms with van der Waals surface area (Å²) in [7, 11) is -6.97. The Hall–Kier alpha value is -1.53. The Kier molecular flexibility index (Phi) is 6.94. The van der Waals surface area contributed by atoms with Crippen LogP contribution in [-0.2, 0) is 24.8 Å². The van der Waals surface area contributed by atoms with E-state index in [0.717, 1.165) is 19.1 Å². The van der Waals surface area contributed by atoms with Gasteiger partial charge in [-0.2, -0.15) is 0 Å². The van der Waals surface area contributed by atoms with Crippen molar-refractivity contribution in [1.29, 1.82) is 0 Å². The van der Waals surface area contributed by atoms with Crippen molar-refractivity contribution in [1.82, 2.24) is 14.3 Å². The lowest BCUT2D eigenvalue weighted by Crippen LogP contribution is -2.49. The van der Waals surface area contributed by atoms with Gasteiger partial charge in [-0.1, -0.05) is 0 Å². The SMILES string of the molecule is CS(=O)(=O)N1CCCC(NC(=O)c2ccc(S(=O)(=O)NCC3CCCO3)cc2)C1. The van der Waals surface area contributed by atoms with Crippen molar-refractivity contribution in [2.24, 2.45) is 0 Å². The molecular weight excluding hydrogens is 418 g/mol. The van der Waals surface area contributed by atoms with E-state index in [4.69, 9.17) is 4.74 Å². The highest BCUT2D eigenvalue weighted by Gasteiger charge is 2.27. The molecule has 2 atom stereocenters. The molecule has 0 saturated carbocycles. The number of carbonyl (C=O) groups excluding carboxylic acids is 1. The summed E-state index contributed by atoms with van der Waals surface area (Å²) in [4.78, 5) is 12.5. The molecule has 162 valence electrons. The van der Waals surface area contributed by atoms with Crippen LogP contribution in [-0.4, -0.2) is 71.7 Å². The van der Waals surface area contributed by atoms with Gasteiger partial charge in [0.25, 0.3) is 5.91 Å². The van der Waals surface area contributed by atoms with E-state index >= 15 is 0 Å². The molecule has 2 heterocycles. The number of nitrogens with zero attached hydrogens (tertiary/aromatic N) is 1. The van der Waals surface area contributed by atoms with Crippen LogP contribution < -0.4 is 10.0 Å². The summed E-state index contributed by atoms with van der Waals surface area (Å²) < 4.78 is 57.5. The first-order valence-corrected chi connectivity index (χ1v) is 13.0. The van der Waals surface area contributed by atoms with Crippen molar-refractivity contribution in [3.63, 3.8) is 0 Å². The predicted molar refractivity (Wildman–Crippen MR) is 108 cm³/mol. The normalized spacial score (nSPS) is 23.8. The number of nitrogens with one attached hydrogen (secondary N) is 2. The van der Waals surface area contributed by atoms with Crippen molar-refractivity contribution in [2.45, 2.75) is 42.7 Å². The lowest BCUT2D eigenvalue weighted by Gasteiger charge is -2.31. The second-order valence-corrected chi connectivity index (χ2v) is 11.2. The minimum absolute atomic E-state index is 0.0768. The highest BCUT2D eigenvalue weighted by atomic mass is 32.2. The molecule has 0 radical (unpaired) electrons. The fourth-order valence-electron chi connectivity index (χ4n) is 3.51. The molecule has 1 aromatic rings. The second-order valence-electron chi connectivity index (χ2n) is 7.44. The van der Waals surface area contributed by atoms with E-state index in [9.17, 15) is 21.6 Å². The van der Waals surface area contributed by atoms with E-state index in [1.807, 2.05) is 0 Å². The Labute approximate surface area is 171 Å². The van der Waals surface area contributed by atoms with Crippen molar-refractivity contribution < 1.29 is 26.4 Å². The lowest BCUT2D eigenvalue weighted by molar-refractivity contribution is 0.0921. The van der Waals surface area contributed by atoms with Gasteiger partial charge in [-0.3, -0.25) is 4.79 Å². The third-order valence-electron chi connectivity index (χ3n) is 5.14. The summed E-state index contributed by atoms with van der Waals surface area (Å²) >= 11 is 0. The summed E-state index contributed by atoms with van der Waals surface area (Å²) in [5.41, 5.74) is 0.319. The second kappa shape index (κ2) is 9.09. The maximum absolute atomic E-state index is 12.5. The van der Waals surface area contributed by atoms with Gasteiger partial charge in [0.1, 0.15) is 0 Å². The van der Waals surface area contributed by atoms with Gasteiger partial charge >= 0.3 is 0 Å². The minimum atomic E-state index is -3.68. The number of hydrogen-bond donors (Lipinski definition) is 2. The zero-order valence-electron chi connectivity index (χ0n) is 16.3. The van der Waals surface area contributed by atoms with Gasteiger partial charge < -0.3 is 10.1 Å². The van der Waals surface area contributed by atoms with E-state index in [1.165, 1.54) is 28.6 Å². The first kappa shape index (κ1) is 22.2. The van der Waals surface area contributed by atoms with Crippen LogP contribution in [0, 0.1) is 0 Å². The smallest absolute Gasteiger partial charge is 0.251 e. The highest BCUT2D eigenvalue weighted by Crippen LogP contribution is 2.16. The first-order valence-electron chi connectivity index (χ1n) is 9.62. The number of benzene rings is 1. The molecule has 2 fully saturated rings. The molecule has 2 N–H and O–H groups in total. The molecule has 2 unspecified atom stereocenters. The van der Waals surface area contributed by atoms with Gasteiger partial charge in [0.15, 0.2) is 0 Å². The van der Waals surface area contributed by atoms with E-state index in [0.29, 0.717) is 31.6 Å². The molecule has 0 spiro atoms. The molecule has 3 rings (SSSR count). The minimum Gasteiger partial charge on any atom is -0.377 e. The summed E-state index contributed by atoms with van der Waals surface area (Å²) in [6.45, 7) is 1.57. The van der Waals surface area contributed by atoms with E-state index < -0.39 is 20.0 Å². The summed E-state index contributed by atoms with van der Waals surface area (Å²) in [6, 6.07) is 5.40. The van der Waals surface area contributed by atoms with Crippen LogP contribution >= 0.6 is 0 Å². The predicted octanol–water partition coefficient (Wildman–Crippen LogP) is 0.298. The molecule has 0 bridgehead atoms. The van der Waals surface area contributed by atoms with Crippen molar-refractivity contribution in [3.8, 4) is 0 Å². The van der Waals surface area contributed by atoms with Crippen LogP contribution in [0.15, 0.2) is 29.2 Å². The van der Waals surface area contributed by atoms with Crippen molar-refractivity contribution in [2.75, 3.05) is 32.5 Å². The van der Waals surface area contributed by atoms with E-state index in [2.05, 4.69) is 10.0 Å². The summed E-state index contributed by atoms with van der Waals surface area (Å²) in [5, 5.41) is 2.83. The van der Waals surface area contributed by atoms with Crippen molar-refractivity contribution >= 4 is 26.0 Å². The topological polar surface area (TPSA) is 122 Å². The molecule has 11 heteroatoms. The van der Waals surface area contributed by atoms with E-state index in [1.54, 1.807) is 0 Å². The van der Waals surface area contributed by atoms with Gasteiger partial charge in [-0.25, -0.2) is 25.9 Å². The van der Waals surface area contributed by atoms with Gasteiger partial charge in [-0.15, -0.1) is 0 Å². The van der Waals surface area contributed by atoms with Crippen LogP contribution in [0.5, 0.6) is 0 Å². The third kappa shape index (κ3) is 5.98. The Balaban J connectivity index is 1.58. The standard InChI is InChI=1S/C18H27N3O6S2/c1-28(23,24)21-10-2-4-15(13-21)20-18(22)14-6-8-17(9-7-14)29(25,26)19-12-16-5-3-11-27-16/h6-9,15-16,19H,2-5,10-13H2,1H3,(H,20,22). The maximum Gasteiger partial charge on any atom is 0.251 e. The van der Waals surface area contributed by atoms with Gasteiger partial charge in [0.05, 0.1) is 17.3 Å². The molecule has 1 aromatic carbocycles. The quantitative estimate of drug-likeness (QED) is 0.622. The van der Waals surface area contributed by atoms with Gasteiger partial charge in [0.2, 0.25) is 20.0 Å². The molecule has 0 aromatic heterocycles. The number of rotatable bonds is 7. The number of hydrogen-bond acceptors (Lipinski definition) is 6. The number of sulfonamides is 2. The van der Waals surface area contributed by atoms with Crippen molar-refractivity contribution in [3.05, 3.63) is 29.8 Å². The Morgan fingerprint density at radius 3 is 2.48 bits per heavy atom. The molecule has 2 saturated heterocycles. The van der Waals surface area contributed by atoms with Crippen LogP contribution in [0.2, 0.25) is 0 Å². The molecular formula is C18H27N3O6S2. The fraction of sp³-hybridized carbons (Fsp3) is 0.611. The summed E-state index contributed by atoms with van der Waals surface area (Å²) in [5.74, 6) is -0.360. The monoisotopic (exact) mass is 445 g/mol. The zero-order valence-corrected chi connectivity index (χ0v) is 18.0. The molecule has 2 aliphatic rings. The summed E-state index contributed by atoms with van der Waals surface area (Å²) in [6.07, 6.45) is 4.18. The lowest BCUT2D eigenvalue weighted by atomic mass is 10.1. The van der Waals surface area contributed by atoms with Crippen LogP contribution in [0.1, 0.15) is 36.0 Å². The number of ether oxygens (including phenoxy) is 1. The molecule has 2 aliphatic heterocycles. The molecule has 9 nitrogen and oxygen atoms in total. The first-order chi connectivity index (χ1) is 13.6. The van der Waals surface area contributed by atoms with Crippen LogP contribution in [0.25, 0.3) is 0 Å². The Bertz CT molecular complexity index is 925. The molecule has 1 amide bonds. The fourth-order valence-corrected chi connectivity index (χ4v) is 5.48. The third-order valence-corrected chi connectivity index (χ3v) is 7.85. The molecule has 29 heavy (non-hydrogen) atoms. The largest absolute Gasteiger partial charge is 0.377 e. The zero-order chi connectivity index (χ0) is 21.1. The molecule has 0 aliphatic carbocycles. The van der Waals surface area contributed by atoms with Crippen LogP contribution in [0.4, 0.5) is 0 Å². The average Bonchev–Trinajstić information content (AvgIpc) is 3.20. The number of carbonyl (C=O) groups is 1. The number of piperidine rings is 1. The van der Waals surface area contributed by atoms with Gasteiger partial charge in [0, 0.05) is 37.8 Å².